The van der Waals surface area contributed by atoms with Crippen molar-refractivity contribution < 1.29 is 9.53 Å². The van der Waals surface area contributed by atoms with Crippen molar-refractivity contribution in [3.8, 4) is 0 Å². The molecule has 0 aliphatic heterocycles. The van der Waals surface area contributed by atoms with E-state index in [4.69, 9.17) is 4.74 Å². The van der Waals surface area contributed by atoms with Gasteiger partial charge in [-0.3, -0.25) is 4.79 Å². The van der Waals surface area contributed by atoms with E-state index in [-0.39, 0.29) is 12.1 Å². The minimum Gasteiger partial charge on any atom is -0.462 e. The van der Waals surface area contributed by atoms with Gasteiger partial charge in [0.2, 0.25) is 0 Å². The highest BCUT2D eigenvalue weighted by molar-refractivity contribution is 5.66. The summed E-state index contributed by atoms with van der Waals surface area (Å²) in [7, 11) is 0. The highest BCUT2D eigenvalue weighted by atomic mass is 16.5. The highest BCUT2D eigenvalue weighted by Gasteiger charge is 2.53. The number of esters is 1. The second kappa shape index (κ2) is 2.85. The molecule has 76 valence electrons. The van der Waals surface area contributed by atoms with Crippen LogP contribution in [0.4, 0.5) is 0 Å². The van der Waals surface area contributed by atoms with E-state index in [9.17, 15) is 4.79 Å². The molecule has 2 fully saturated rings. The van der Waals surface area contributed by atoms with Crippen LogP contribution in [0.1, 0.15) is 26.2 Å². The van der Waals surface area contributed by atoms with E-state index in [1.807, 2.05) is 0 Å². The maximum Gasteiger partial charge on any atom is 0.302 e. The number of hydrogen-bond acceptors (Lipinski definition) is 2. The van der Waals surface area contributed by atoms with E-state index < -0.39 is 0 Å². The lowest BCUT2D eigenvalue weighted by molar-refractivity contribution is -0.149. The number of allylic oxidation sites excluding steroid dienone is 2. The molecular formula is C12H16O2. The third kappa shape index (κ3) is 1.06. The molecule has 0 heterocycles. The normalized spacial score (nSPS) is 48.2. The molecule has 0 spiro atoms. The van der Waals surface area contributed by atoms with Crippen molar-refractivity contribution in [3.05, 3.63) is 12.2 Å². The van der Waals surface area contributed by atoms with E-state index in [1.54, 1.807) is 0 Å². The fourth-order valence-electron chi connectivity index (χ4n) is 3.83. The molecule has 2 nitrogen and oxygen atoms in total. The molecule has 3 rings (SSSR count). The summed E-state index contributed by atoms with van der Waals surface area (Å²) in [5, 5.41) is 0. The Labute approximate surface area is 84.3 Å². The largest absolute Gasteiger partial charge is 0.462 e. The molecule has 0 aromatic carbocycles. The minimum atomic E-state index is -0.110. The van der Waals surface area contributed by atoms with E-state index in [2.05, 4.69) is 12.2 Å². The quantitative estimate of drug-likeness (QED) is 0.470. The molecule has 5 atom stereocenters. The van der Waals surface area contributed by atoms with Gasteiger partial charge in [0.05, 0.1) is 0 Å². The molecule has 0 radical (unpaired) electrons. The summed E-state index contributed by atoms with van der Waals surface area (Å²) < 4.78 is 5.38. The average molecular weight is 192 g/mol. The molecular weight excluding hydrogens is 176 g/mol. The molecule has 0 amide bonds. The Morgan fingerprint density at radius 1 is 1.36 bits per heavy atom. The summed E-state index contributed by atoms with van der Waals surface area (Å²) in [5.74, 6) is 2.95. The van der Waals surface area contributed by atoms with Gasteiger partial charge in [0.25, 0.3) is 0 Å². The molecule has 2 saturated carbocycles. The molecule has 14 heavy (non-hydrogen) atoms. The summed E-state index contributed by atoms with van der Waals surface area (Å²) in [4.78, 5) is 10.9. The van der Waals surface area contributed by atoms with E-state index in [1.165, 1.54) is 19.8 Å². The molecule has 0 saturated heterocycles. The number of carbonyl (C=O) groups is 1. The van der Waals surface area contributed by atoms with Gasteiger partial charge in [-0.25, -0.2) is 0 Å². The van der Waals surface area contributed by atoms with E-state index >= 15 is 0 Å². The van der Waals surface area contributed by atoms with Crippen molar-refractivity contribution in [1.29, 1.82) is 0 Å². The van der Waals surface area contributed by atoms with Crippen LogP contribution in [-0.4, -0.2) is 12.1 Å². The number of ether oxygens (including phenoxy) is 1. The van der Waals surface area contributed by atoms with E-state index in [0.717, 1.165) is 24.2 Å². The zero-order chi connectivity index (χ0) is 9.71. The van der Waals surface area contributed by atoms with Crippen molar-refractivity contribution in [3.63, 3.8) is 0 Å². The summed E-state index contributed by atoms with van der Waals surface area (Å²) >= 11 is 0. The Kier molecular flexibility index (Phi) is 1.73. The monoisotopic (exact) mass is 192 g/mol. The Hall–Kier alpha value is -0.790. The van der Waals surface area contributed by atoms with Gasteiger partial charge < -0.3 is 4.74 Å². The topological polar surface area (TPSA) is 26.3 Å². The first-order valence-electron chi connectivity index (χ1n) is 5.59. The van der Waals surface area contributed by atoms with Crippen LogP contribution in [0.3, 0.4) is 0 Å². The molecule has 0 aromatic heterocycles. The molecule has 2 heteroatoms. The lowest BCUT2D eigenvalue weighted by atomic mass is 9.80. The fraction of sp³-hybridized carbons (Fsp3) is 0.750. The zero-order valence-corrected chi connectivity index (χ0v) is 8.48. The van der Waals surface area contributed by atoms with Crippen LogP contribution in [0, 0.1) is 23.7 Å². The second-order valence-corrected chi connectivity index (χ2v) is 4.95. The smallest absolute Gasteiger partial charge is 0.302 e. The number of fused-ring (bicyclic) bond motifs is 5. The second-order valence-electron chi connectivity index (χ2n) is 4.95. The Morgan fingerprint density at radius 2 is 2.21 bits per heavy atom. The summed E-state index contributed by atoms with van der Waals surface area (Å²) in [5.41, 5.74) is 0. The SMILES string of the molecule is CC(=O)O[C@@H]1C[C@H]2C[C@H]1[C@@H]1C=CC[C@H]21. The molecule has 0 aromatic rings. The van der Waals surface area contributed by atoms with Gasteiger partial charge in [-0.05, 0) is 37.0 Å². The van der Waals surface area contributed by atoms with Gasteiger partial charge in [-0.15, -0.1) is 0 Å². The third-order valence-electron chi connectivity index (χ3n) is 4.27. The van der Waals surface area contributed by atoms with Crippen molar-refractivity contribution >= 4 is 5.97 Å². The minimum absolute atomic E-state index is 0.110. The predicted octanol–water partition coefficient (Wildman–Crippen LogP) is 2.15. The first-order chi connectivity index (χ1) is 6.75. The van der Waals surface area contributed by atoms with Crippen molar-refractivity contribution in [2.45, 2.75) is 32.3 Å². The van der Waals surface area contributed by atoms with Crippen LogP contribution in [0.2, 0.25) is 0 Å². The van der Waals surface area contributed by atoms with Crippen molar-refractivity contribution in [1.82, 2.24) is 0 Å². The zero-order valence-electron chi connectivity index (χ0n) is 8.48. The van der Waals surface area contributed by atoms with Gasteiger partial charge in [-0.1, -0.05) is 12.2 Å². The van der Waals surface area contributed by atoms with Crippen LogP contribution in [0.15, 0.2) is 12.2 Å². The highest BCUT2D eigenvalue weighted by Crippen LogP contribution is 2.57. The van der Waals surface area contributed by atoms with Gasteiger partial charge in [0, 0.05) is 12.8 Å². The average Bonchev–Trinajstić information content (AvgIpc) is 2.68. The summed E-state index contributed by atoms with van der Waals surface area (Å²) in [6.07, 6.45) is 8.56. The molecule has 0 unspecified atom stereocenters. The number of rotatable bonds is 1. The third-order valence-corrected chi connectivity index (χ3v) is 4.27. The van der Waals surface area contributed by atoms with Crippen molar-refractivity contribution in [2.24, 2.45) is 23.7 Å². The Bertz CT molecular complexity index is 295. The van der Waals surface area contributed by atoms with Gasteiger partial charge in [0.15, 0.2) is 0 Å². The molecule has 2 bridgehead atoms. The maximum absolute atomic E-state index is 10.9. The predicted molar refractivity (Wildman–Crippen MR) is 52.5 cm³/mol. The lowest BCUT2D eigenvalue weighted by Gasteiger charge is -2.30. The van der Waals surface area contributed by atoms with Gasteiger partial charge in [-0.2, -0.15) is 0 Å². The molecule has 0 N–H and O–H groups in total. The summed E-state index contributed by atoms with van der Waals surface area (Å²) in [6.45, 7) is 1.52. The first-order valence-corrected chi connectivity index (χ1v) is 5.59. The van der Waals surface area contributed by atoms with Crippen LogP contribution in [0.25, 0.3) is 0 Å². The van der Waals surface area contributed by atoms with E-state index in [0.29, 0.717) is 5.92 Å². The number of carbonyl (C=O) groups excluding carboxylic acids is 1. The first kappa shape index (κ1) is 8.51. The van der Waals surface area contributed by atoms with Gasteiger partial charge in [0.1, 0.15) is 6.10 Å². The molecule has 3 aliphatic rings. The van der Waals surface area contributed by atoms with Gasteiger partial charge >= 0.3 is 5.97 Å². The number of hydrogen-bond donors (Lipinski definition) is 0. The lowest BCUT2D eigenvalue weighted by Crippen LogP contribution is -2.31. The Balaban J connectivity index is 1.76. The molecule has 3 aliphatic carbocycles. The fourth-order valence-corrected chi connectivity index (χ4v) is 3.83. The van der Waals surface area contributed by atoms with Crippen LogP contribution < -0.4 is 0 Å². The van der Waals surface area contributed by atoms with Crippen molar-refractivity contribution in [2.75, 3.05) is 0 Å². The van der Waals surface area contributed by atoms with Crippen LogP contribution >= 0.6 is 0 Å². The van der Waals surface area contributed by atoms with Crippen LogP contribution in [0.5, 0.6) is 0 Å². The summed E-state index contributed by atoms with van der Waals surface area (Å²) in [6, 6.07) is 0. The Morgan fingerprint density at radius 3 is 3.00 bits per heavy atom. The maximum atomic E-state index is 10.9. The standard InChI is InChI=1S/C12H16O2/c1-7(13)14-12-6-8-5-11(12)10-4-2-3-9(8)10/h2,4,8-12H,3,5-6H2,1H3/t8-,9-,10-,11+,12-/m1/s1. The van der Waals surface area contributed by atoms with Crippen LogP contribution in [-0.2, 0) is 9.53 Å².